The van der Waals surface area contributed by atoms with Crippen LogP contribution in [0.3, 0.4) is 0 Å². The molecule has 0 unspecified atom stereocenters. The van der Waals surface area contributed by atoms with Crippen LogP contribution in [-0.4, -0.2) is 0 Å². The van der Waals surface area contributed by atoms with Gasteiger partial charge in [-0.2, -0.15) is 0 Å². The molecule has 0 saturated carbocycles. The molecule has 0 heterocycles. The molecule has 2 nitrogen and oxygen atoms in total. The Morgan fingerprint density at radius 1 is 0.290 bits per heavy atom. The fourth-order valence-corrected chi connectivity index (χ4v) is 10.8. The van der Waals surface area contributed by atoms with Gasteiger partial charge in [-0.1, -0.05) is 155 Å². The number of para-hydroxylation sites is 2. The van der Waals surface area contributed by atoms with Gasteiger partial charge >= 0.3 is 0 Å². The highest BCUT2D eigenvalue weighted by molar-refractivity contribution is 6.11. The van der Waals surface area contributed by atoms with Crippen LogP contribution in [0.15, 0.2) is 206 Å². The third kappa shape index (κ3) is 5.43. The third-order valence-corrected chi connectivity index (χ3v) is 13.9. The number of rotatable bonds is 6. The highest BCUT2D eigenvalue weighted by Gasteiger charge is 2.43. The van der Waals surface area contributed by atoms with Crippen molar-refractivity contribution in [2.75, 3.05) is 9.80 Å². The van der Waals surface area contributed by atoms with E-state index < -0.39 is 0 Å². The number of fused-ring (bicyclic) bond motifs is 10. The fraction of sp³-hybridized carbons (Fsp3) is 0.100. The van der Waals surface area contributed by atoms with Crippen molar-refractivity contribution in [1.82, 2.24) is 0 Å². The number of benzene rings is 10. The zero-order chi connectivity index (χ0) is 41.7. The molecule has 0 saturated heterocycles. The zero-order valence-electron chi connectivity index (χ0n) is 35.5. The molecule has 2 aliphatic carbocycles. The van der Waals surface area contributed by atoms with Gasteiger partial charge in [-0.05, 0) is 150 Å². The number of hydrogen-bond donors (Lipinski definition) is 0. The van der Waals surface area contributed by atoms with Gasteiger partial charge in [0.25, 0.3) is 0 Å². The average Bonchev–Trinajstić information content (AvgIpc) is 3.67. The Labute approximate surface area is 364 Å². The lowest BCUT2D eigenvalue weighted by Gasteiger charge is -2.30. The van der Waals surface area contributed by atoms with Gasteiger partial charge < -0.3 is 9.80 Å². The van der Waals surface area contributed by atoms with Gasteiger partial charge in [0.1, 0.15) is 0 Å². The SMILES string of the molecule is CC1(C)c2cc(N(c3ccccc3)c3ccc4ccccc4c3)ccc2-c2cc3c(cc21)-c1c(cc(N(c2ccccc2)c2ccc4ccccc4c2)c2ccccc12)C3(C)C. The molecule has 0 radical (unpaired) electrons. The van der Waals surface area contributed by atoms with E-state index >= 15 is 0 Å². The third-order valence-electron chi connectivity index (χ3n) is 13.9. The summed E-state index contributed by atoms with van der Waals surface area (Å²) < 4.78 is 0. The van der Waals surface area contributed by atoms with Gasteiger partial charge in [-0.15, -0.1) is 0 Å². The summed E-state index contributed by atoms with van der Waals surface area (Å²) in [7, 11) is 0. The van der Waals surface area contributed by atoms with E-state index in [1.54, 1.807) is 0 Å². The van der Waals surface area contributed by atoms with Crippen molar-refractivity contribution in [2.45, 2.75) is 38.5 Å². The van der Waals surface area contributed by atoms with E-state index in [0.29, 0.717) is 0 Å². The predicted molar refractivity (Wildman–Crippen MR) is 263 cm³/mol. The molecule has 296 valence electrons. The first-order chi connectivity index (χ1) is 30.3. The van der Waals surface area contributed by atoms with Crippen molar-refractivity contribution in [3.63, 3.8) is 0 Å². The molecule has 0 atom stereocenters. The van der Waals surface area contributed by atoms with Gasteiger partial charge in [0, 0.05) is 44.7 Å². The summed E-state index contributed by atoms with van der Waals surface area (Å²) in [6, 6.07) is 76.4. The van der Waals surface area contributed by atoms with Gasteiger partial charge in [-0.25, -0.2) is 0 Å². The molecule has 0 fully saturated rings. The molecular weight excluding hydrogens is 749 g/mol. The molecule has 12 rings (SSSR count). The van der Waals surface area contributed by atoms with E-state index in [9.17, 15) is 0 Å². The lowest BCUT2D eigenvalue weighted by Crippen LogP contribution is -2.18. The number of hydrogen-bond acceptors (Lipinski definition) is 2. The maximum atomic E-state index is 2.56. The minimum absolute atomic E-state index is 0.218. The van der Waals surface area contributed by atoms with Crippen LogP contribution in [-0.2, 0) is 10.8 Å². The summed E-state index contributed by atoms with van der Waals surface area (Å²) in [5.41, 5.74) is 17.4. The van der Waals surface area contributed by atoms with E-state index in [4.69, 9.17) is 0 Å². The second kappa shape index (κ2) is 13.5. The van der Waals surface area contributed by atoms with Crippen molar-refractivity contribution >= 4 is 66.4 Å². The topological polar surface area (TPSA) is 6.48 Å². The Morgan fingerprint density at radius 2 is 0.742 bits per heavy atom. The highest BCUT2D eigenvalue weighted by atomic mass is 15.1. The zero-order valence-corrected chi connectivity index (χ0v) is 35.5. The Kier molecular flexibility index (Phi) is 7.96. The largest absolute Gasteiger partial charge is 0.310 e. The van der Waals surface area contributed by atoms with Crippen molar-refractivity contribution in [3.05, 3.63) is 229 Å². The van der Waals surface area contributed by atoms with Crippen LogP contribution < -0.4 is 9.80 Å². The summed E-state index contributed by atoms with van der Waals surface area (Å²) >= 11 is 0. The van der Waals surface area contributed by atoms with E-state index in [1.807, 2.05) is 0 Å². The molecule has 0 spiro atoms. The molecule has 0 amide bonds. The molecule has 10 aromatic carbocycles. The van der Waals surface area contributed by atoms with Gasteiger partial charge in [0.15, 0.2) is 0 Å². The minimum Gasteiger partial charge on any atom is -0.310 e. The summed E-state index contributed by atoms with van der Waals surface area (Å²) in [5, 5.41) is 7.49. The minimum atomic E-state index is -0.239. The second-order valence-corrected chi connectivity index (χ2v) is 18.2. The Bertz CT molecular complexity index is 3410. The van der Waals surface area contributed by atoms with Crippen LogP contribution >= 0.6 is 0 Å². The monoisotopic (exact) mass is 794 g/mol. The van der Waals surface area contributed by atoms with Crippen molar-refractivity contribution in [1.29, 1.82) is 0 Å². The highest BCUT2D eigenvalue weighted by Crippen LogP contribution is 2.59. The van der Waals surface area contributed by atoms with Crippen molar-refractivity contribution in [3.8, 4) is 22.3 Å². The molecule has 2 heteroatoms. The maximum Gasteiger partial charge on any atom is 0.0543 e. The first kappa shape index (κ1) is 36.4. The smallest absolute Gasteiger partial charge is 0.0543 e. The molecule has 10 aromatic rings. The standard InChI is InChI=1S/C60H46N2/c1-59(2)53-35-47(61(43-21-7-5-8-22-43)45-29-27-39-17-11-13-19-41(39)33-45)31-32-48(53)51-36-55-52(37-54(51)59)58-50-26-16-15-25-49(50)57(38-56(58)60(55,3)4)62(44-23-9-6-10-24-44)46-30-28-40-18-12-14-20-42(40)34-46/h5-38H,1-4H3. The molecule has 0 aliphatic heterocycles. The summed E-state index contributed by atoms with van der Waals surface area (Å²) in [4.78, 5) is 4.87. The Hall–Kier alpha value is -7.42. The van der Waals surface area contributed by atoms with Crippen LogP contribution in [0.5, 0.6) is 0 Å². The number of nitrogens with zero attached hydrogens (tertiary/aromatic N) is 2. The molecule has 2 aliphatic rings. The Balaban J connectivity index is 1.02. The lowest BCUT2D eigenvalue weighted by atomic mass is 9.79. The van der Waals surface area contributed by atoms with Gasteiger partial charge in [0.2, 0.25) is 0 Å². The van der Waals surface area contributed by atoms with Gasteiger partial charge in [-0.3, -0.25) is 0 Å². The molecule has 0 N–H and O–H groups in total. The predicted octanol–water partition coefficient (Wildman–Crippen LogP) is 16.7. The van der Waals surface area contributed by atoms with Crippen LogP contribution in [0, 0.1) is 0 Å². The van der Waals surface area contributed by atoms with E-state index in [1.165, 1.54) is 82.5 Å². The van der Waals surface area contributed by atoms with Crippen molar-refractivity contribution < 1.29 is 0 Å². The summed E-state index contributed by atoms with van der Waals surface area (Å²) in [6.45, 7) is 9.69. The normalized spacial score (nSPS) is 14.1. The Morgan fingerprint density at radius 3 is 1.39 bits per heavy atom. The first-order valence-corrected chi connectivity index (χ1v) is 21.8. The second-order valence-electron chi connectivity index (χ2n) is 18.2. The van der Waals surface area contributed by atoms with Gasteiger partial charge in [0.05, 0.1) is 5.69 Å². The average molecular weight is 795 g/mol. The van der Waals surface area contributed by atoms with E-state index in [2.05, 4.69) is 244 Å². The molecular formula is C60H46N2. The fourth-order valence-electron chi connectivity index (χ4n) is 10.8. The van der Waals surface area contributed by atoms with Crippen LogP contribution in [0.25, 0.3) is 54.6 Å². The van der Waals surface area contributed by atoms with E-state index in [-0.39, 0.29) is 10.8 Å². The first-order valence-electron chi connectivity index (χ1n) is 21.8. The summed E-state index contributed by atoms with van der Waals surface area (Å²) in [6.07, 6.45) is 0. The lowest BCUT2D eigenvalue weighted by molar-refractivity contribution is 0.652. The van der Waals surface area contributed by atoms with E-state index in [0.717, 1.165) is 28.4 Å². The van der Waals surface area contributed by atoms with Crippen LogP contribution in [0.1, 0.15) is 49.9 Å². The summed E-state index contributed by atoms with van der Waals surface area (Å²) in [5.74, 6) is 0. The van der Waals surface area contributed by atoms with Crippen LogP contribution in [0.4, 0.5) is 34.1 Å². The molecule has 62 heavy (non-hydrogen) atoms. The molecule has 0 aromatic heterocycles. The maximum absolute atomic E-state index is 2.56. The van der Waals surface area contributed by atoms with Crippen LogP contribution in [0.2, 0.25) is 0 Å². The number of anilines is 6. The molecule has 0 bridgehead atoms. The quantitative estimate of drug-likeness (QED) is 0.165. The van der Waals surface area contributed by atoms with Crippen molar-refractivity contribution in [2.24, 2.45) is 0 Å².